The summed E-state index contributed by atoms with van der Waals surface area (Å²) in [6.45, 7) is 43.8. The highest BCUT2D eigenvalue weighted by Gasteiger charge is 2.40. The second-order valence-electron chi connectivity index (χ2n) is 29.3. The summed E-state index contributed by atoms with van der Waals surface area (Å²) in [5, 5.41) is 0. The van der Waals surface area contributed by atoms with Crippen LogP contribution in [0.5, 0.6) is 0 Å². The van der Waals surface area contributed by atoms with Crippen LogP contribution in [0.4, 0.5) is 0 Å². The van der Waals surface area contributed by atoms with E-state index in [0.29, 0.717) is 28.9 Å². The summed E-state index contributed by atoms with van der Waals surface area (Å²) < 4.78 is 72.4. The van der Waals surface area contributed by atoms with E-state index in [4.69, 9.17) is 11.0 Å². The zero-order valence-electron chi connectivity index (χ0n) is 68.0. The van der Waals surface area contributed by atoms with Crippen molar-refractivity contribution in [2.75, 3.05) is 0 Å². The number of benzene rings is 4. The zero-order valence-corrected chi connectivity index (χ0v) is 60.0. The highest BCUT2D eigenvalue weighted by Crippen LogP contribution is 2.46. The van der Waals surface area contributed by atoms with E-state index in [0.717, 1.165) is 50.3 Å². The third-order valence-electron chi connectivity index (χ3n) is 18.9. The van der Waals surface area contributed by atoms with Crippen LogP contribution in [-0.2, 0) is 39.0 Å². The summed E-state index contributed by atoms with van der Waals surface area (Å²) in [4.78, 5) is 0. The largest absolute Gasteiger partial charge is 0.212 e. The molecule has 8 aromatic rings. The van der Waals surface area contributed by atoms with Crippen LogP contribution in [-0.4, -0.2) is 0 Å². The normalized spacial score (nSPS) is 15.3. The molecule has 4 heterocycles. The Bertz CT molecular complexity index is 4020. The van der Waals surface area contributed by atoms with Crippen molar-refractivity contribution in [3.63, 3.8) is 0 Å². The van der Waals surface area contributed by atoms with E-state index in [1.165, 1.54) is 68.7 Å². The topological polar surface area (TPSA) is 15.5 Å². The van der Waals surface area contributed by atoms with Gasteiger partial charge >= 0.3 is 0 Å². The molecule has 1 aliphatic rings. The monoisotopic (exact) mass is 1200 g/mol. The Morgan fingerprint density at radius 3 is 1.26 bits per heavy atom. The van der Waals surface area contributed by atoms with Crippen molar-refractivity contribution in [3.05, 3.63) is 212 Å². The summed E-state index contributed by atoms with van der Waals surface area (Å²) in [7, 11) is 8.21. The van der Waals surface area contributed by atoms with Crippen LogP contribution < -0.4 is 18.3 Å². The Balaban J connectivity index is 0.000000205. The molecule has 9 rings (SSSR count). The molecule has 476 valence electrons. The minimum atomic E-state index is -2.11. The van der Waals surface area contributed by atoms with Gasteiger partial charge in [-0.25, -0.2) is 18.3 Å². The fourth-order valence-electron chi connectivity index (χ4n) is 14.3. The van der Waals surface area contributed by atoms with Gasteiger partial charge in [0.15, 0.2) is 24.8 Å². The molecule has 0 atom stereocenters. The van der Waals surface area contributed by atoms with Gasteiger partial charge in [-0.1, -0.05) is 177 Å². The molecule has 0 bridgehead atoms. The minimum absolute atomic E-state index is 0.202. The van der Waals surface area contributed by atoms with Crippen LogP contribution in [0.25, 0.3) is 45.0 Å². The molecule has 89 heavy (non-hydrogen) atoms. The van der Waals surface area contributed by atoms with E-state index in [9.17, 15) is 0 Å². The lowest BCUT2D eigenvalue weighted by Gasteiger charge is -2.40. The van der Waals surface area contributed by atoms with Crippen molar-refractivity contribution < 1.29 is 29.2 Å². The molecule has 4 aromatic carbocycles. The van der Waals surface area contributed by atoms with Crippen molar-refractivity contribution in [2.45, 2.75) is 207 Å². The number of rotatable bonds is 13. The average molecular weight is 1210 g/mol. The lowest BCUT2D eigenvalue weighted by molar-refractivity contribution is -0.661. The Kier molecular flexibility index (Phi) is 20.3. The van der Waals surface area contributed by atoms with Gasteiger partial charge in [0, 0.05) is 79.7 Å². The number of fused-ring (bicyclic) bond motifs is 1. The maximum Gasteiger partial charge on any atom is 0.212 e. The van der Waals surface area contributed by atoms with Crippen molar-refractivity contribution in [1.29, 1.82) is 0 Å². The molecule has 0 unspecified atom stereocenters. The standard InChI is InChI=1S/C22H32N.C21H28N.2C21H30N/c1-14(2)22(15(3)4)19-9-10-20(17(6)11-19)21-12-16(5)18(7)13-23(21)8;1-15-9-7-8-10-16(15)19-13-17-18(14-22(19)6)21(4,5)12-11-20(17,2)3;2*1-14(2)21(15(3)4)18-9-11-20(22(7)13-18)19-10-8-16(5)12-17(19)6/h9-15,22H,1-8H3;7-10,13-14H,11-12H2,1-6H3;2*8-15,21H,1-7H3/q4*+1/i7D3,22D;;5D3,21D;. The molecule has 0 saturated carbocycles. The first-order valence-corrected chi connectivity index (χ1v) is 33.1. The highest BCUT2D eigenvalue weighted by molar-refractivity contribution is 5.65. The van der Waals surface area contributed by atoms with E-state index in [1.54, 1.807) is 18.3 Å². The van der Waals surface area contributed by atoms with Gasteiger partial charge in [0.25, 0.3) is 0 Å². The summed E-state index contributed by atoms with van der Waals surface area (Å²) in [5.74, 6) is 1.48. The first kappa shape index (κ1) is 60.1. The first-order valence-electron chi connectivity index (χ1n) is 37.1. The second-order valence-corrected chi connectivity index (χ2v) is 29.3. The molecule has 4 aromatic heterocycles. The lowest BCUT2D eigenvalue weighted by atomic mass is 9.63. The van der Waals surface area contributed by atoms with Gasteiger partial charge in [0.2, 0.25) is 22.8 Å². The number of pyridine rings is 4. The lowest BCUT2D eigenvalue weighted by Crippen LogP contribution is -2.40. The fraction of sp³-hybridized carbons (Fsp3) is 0.482. The molecule has 0 radical (unpaired) electrons. The third kappa shape index (κ3) is 17.3. The van der Waals surface area contributed by atoms with Crippen LogP contribution in [0, 0.1) is 90.8 Å². The summed E-state index contributed by atoms with van der Waals surface area (Å²) in [6, 6.07) is 40.0. The molecule has 0 amide bonds. The van der Waals surface area contributed by atoms with E-state index in [-0.39, 0.29) is 34.5 Å². The molecule has 0 aliphatic heterocycles. The molecule has 4 nitrogen and oxygen atoms in total. The van der Waals surface area contributed by atoms with Gasteiger partial charge in [-0.05, 0) is 207 Å². The van der Waals surface area contributed by atoms with Crippen LogP contribution in [0.1, 0.15) is 225 Å². The number of aromatic nitrogens is 4. The fourth-order valence-corrected chi connectivity index (χ4v) is 14.3. The number of nitrogens with zero attached hydrogens (tertiary/aromatic N) is 4. The van der Waals surface area contributed by atoms with E-state index in [1.807, 2.05) is 67.5 Å². The van der Waals surface area contributed by atoms with Gasteiger partial charge in [-0.3, -0.25) is 0 Å². The highest BCUT2D eigenvalue weighted by atomic mass is 14.9. The van der Waals surface area contributed by atoms with Crippen LogP contribution in [0.15, 0.2) is 140 Å². The SMILES string of the molecule is Cc1ccc(-c2ccc(C(C(C)C)C(C)C)c[n+]2C)c(C)c1.Cc1ccccc1-c1cc2c(c[n+]1C)C(C)(C)CCC2(C)C.[2H]C([2H])([2H])c1c[n+](C)c(-c2ccc(C([2H])(C(C)C)C(C)C)cc2C)cc1C.[2H]C([2H])([2H])c1ccc(-c2ccc(C([2H])(C(C)C)C(C)C)c[n+]2C)c(C)c1. The van der Waals surface area contributed by atoms with E-state index in [2.05, 4.69) is 253 Å². The molecular weight excluding hydrogens is 1080 g/mol. The smallest absolute Gasteiger partial charge is 0.201 e. The summed E-state index contributed by atoms with van der Waals surface area (Å²) in [6.07, 6.45) is 11.0. The minimum Gasteiger partial charge on any atom is -0.201 e. The Morgan fingerprint density at radius 2 is 0.764 bits per heavy atom. The van der Waals surface area contributed by atoms with Crippen LogP contribution >= 0.6 is 0 Å². The molecule has 0 spiro atoms. The van der Waals surface area contributed by atoms with Gasteiger partial charge in [-0.2, -0.15) is 0 Å². The predicted molar refractivity (Wildman–Crippen MR) is 383 cm³/mol. The Hall–Kier alpha value is -6.52. The molecule has 0 N–H and O–H groups in total. The average Bonchev–Trinajstić information content (AvgIpc) is 0.751. The molecule has 4 heteroatoms. The van der Waals surface area contributed by atoms with Crippen LogP contribution in [0.2, 0.25) is 0 Å². The number of aryl methyl sites for hydroxylation is 12. The first-order chi connectivity index (χ1) is 44.7. The molecule has 0 saturated heterocycles. The zero-order chi connectivity index (χ0) is 73.2. The van der Waals surface area contributed by atoms with Gasteiger partial charge < -0.3 is 0 Å². The van der Waals surface area contributed by atoms with Gasteiger partial charge in [-0.15, -0.1) is 0 Å². The Labute approximate surface area is 555 Å². The maximum absolute atomic E-state index is 9.05. The van der Waals surface area contributed by atoms with Gasteiger partial charge in [0.1, 0.15) is 28.2 Å². The van der Waals surface area contributed by atoms with Gasteiger partial charge in [0.05, 0.1) is 0 Å². The third-order valence-corrected chi connectivity index (χ3v) is 18.9. The molecule has 0 fully saturated rings. The van der Waals surface area contributed by atoms with E-state index >= 15 is 0 Å². The van der Waals surface area contributed by atoms with Crippen molar-refractivity contribution in [3.8, 4) is 45.0 Å². The number of hydrogen-bond donors (Lipinski definition) is 0. The number of hydrogen-bond acceptors (Lipinski definition) is 0. The predicted octanol–water partition coefficient (Wildman–Crippen LogP) is 20.7. The molecule has 1 aliphatic carbocycles. The Morgan fingerprint density at radius 1 is 0.348 bits per heavy atom. The maximum atomic E-state index is 9.05. The summed E-state index contributed by atoms with van der Waals surface area (Å²) >= 11 is 0. The van der Waals surface area contributed by atoms with Crippen molar-refractivity contribution >= 4 is 0 Å². The second kappa shape index (κ2) is 30.1. The van der Waals surface area contributed by atoms with E-state index < -0.39 is 25.5 Å². The summed E-state index contributed by atoms with van der Waals surface area (Å²) in [5.41, 5.74) is 24.0. The quantitative estimate of drug-likeness (QED) is 0.102. The molecular formula is C85H120N4+4. The van der Waals surface area contributed by atoms with Crippen LogP contribution in [0.3, 0.4) is 0 Å². The van der Waals surface area contributed by atoms with Crippen molar-refractivity contribution in [1.82, 2.24) is 0 Å². The van der Waals surface area contributed by atoms with Crippen molar-refractivity contribution in [2.24, 2.45) is 63.7 Å².